The summed E-state index contributed by atoms with van der Waals surface area (Å²) in [7, 11) is 0. The lowest BCUT2D eigenvalue weighted by atomic mass is 9.96. The molecule has 0 N–H and O–H groups in total. The topological polar surface area (TPSA) is 30.7 Å². The van der Waals surface area contributed by atoms with Crippen LogP contribution >= 0.6 is 0 Å². The van der Waals surface area contributed by atoms with Gasteiger partial charge >= 0.3 is 0 Å². The lowest BCUT2D eigenvalue weighted by molar-refractivity contribution is 0.667. The molecule has 5 aromatic rings. The van der Waals surface area contributed by atoms with E-state index in [1.165, 1.54) is 102 Å². The maximum atomic E-state index is 4.68. The first-order chi connectivity index (χ1) is 21.5. The molecule has 5 rings (SSSR count). The van der Waals surface area contributed by atoms with Crippen LogP contribution < -0.4 is 0 Å². The van der Waals surface area contributed by atoms with Gasteiger partial charge in [0.1, 0.15) is 5.82 Å². The Morgan fingerprint density at radius 3 is 1.57 bits per heavy atom. The van der Waals surface area contributed by atoms with Crippen molar-refractivity contribution in [3.8, 4) is 39.3 Å². The van der Waals surface area contributed by atoms with Gasteiger partial charge in [0.15, 0.2) is 5.82 Å². The summed E-state index contributed by atoms with van der Waals surface area (Å²) in [5.74, 6) is 1.77. The molecule has 0 unspecified atom stereocenters. The average molecular weight is 584 g/mol. The van der Waals surface area contributed by atoms with Crippen molar-refractivity contribution in [1.82, 2.24) is 14.8 Å². The van der Waals surface area contributed by atoms with E-state index < -0.39 is 0 Å². The van der Waals surface area contributed by atoms with E-state index in [4.69, 9.17) is 0 Å². The zero-order valence-electron chi connectivity index (χ0n) is 27.5. The molecular weight excluding hydrogens is 534 g/mol. The molecule has 0 radical (unpaired) electrons. The largest absolute Gasteiger partial charge is 0.279 e. The minimum Gasteiger partial charge on any atom is -0.279 e. The van der Waals surface area contributed by atoms with Gasteiger partial charge in [0, 0.05) is 5.56 Å². The van der Waals surface area contributed by atoms with Gasteiger partial charge in [-0.2, -0.15) is 0 Å². The van der Waals surface area contributed by atoms with Gasteiger partial charge in [-0.05, 0) is 109 Å². The third kappa shape index (κ3) is 7.56. The number of rotatable bonds is 14. The second kappa shape index (κ2) is 15.1. The molecule has 0 saturated heterocycles. The molecule has 0 atom stereocenters. The maximum Gasteiger partial charge on any atom is 0.168 e. The fraction of sp³-hybridized carbons (Fsp3) is 0.366. The summed E-state index contributed by atoms with van der Waals surface area (Å²) < 4.78 is 2.23. The van der Waals surface area contributed by atoms with Crippen LogP contribution in [0.3, 0.4) is 0 Å². The smallest absolute Gasteiger partial charge is 0.168 e. The Kier molecular flexibility index (Phi) is 10.8. The third-order valence-electron chi connectivity index (χ3n) is 8.87. The van der Waals surface area contributed by atoms with Crippen LogP contribution in [0.5, 0.6) is 0 Å². The van der Waals surface area contributed by atoms with Crippen molar-refractivity contribution in [2.24, 2.45) is 0 Å². The Hall–Kier alpha value is -3.98. The SMILES string of the molecule is CCCCCCc1ccc(-c2cccc(-c3nnc(C)n3-c3c(C)cc(-c4ccc(CCCCCC)cc4)cc3C)c2)cc1. The summed E-state index contributed by atoms with van der Waals surface area (Å²) in [5, 5.41) is 9.23. The van der Waals surface area contributed by atoms with E-state index in [1.54, 1.807) is 0 Å². The van der Waals surface area contributed by atoms with E-state index in [2.05, 4.69) is 127 Å². The number of hydrogen-bond donors (Lipinski definition) is 0. The van der Waals surface area contributed by atoms with Crippen molar-refractivity contribution in [3.63, 3.8) is 0 Å². The lowest BCUT2D eigenvalue weighted by Gasteiger charge is -2.17. The zero-order valence-corrected chi connectivity index (χ0v) is 27.5. The van der Waals surface area contributed by atoms with Crippen molar-refractivity contribution in [1.29, 1.82) is 0 Å². The molecule has 44 heavy (non-hydrogen) atoms. The third-order valence-corrected chi connectivity index (χ3v) is 8.87. The quantitative estimate of drug-likeness (QED) is 0.122. The molecule has 0 spiro atoms. The van der Waals surface area contributed by atoms with Gasteiger partial charge < -0.3 is 0 Å². The van der Waals surface area contributed by atoms with Crippen LogP contribution in [-0.2, 0) is 12.8 Å². The van der Waals surface area contributed by atoms with Crippen LogP contribution in [0, 0.1) is 20.8 Å². The first-order valence-electron chi connectivity index (χ1n) is 16.8. The zero-order chi connectivity index (χ0) is 30.9. The maximum absolute atomic E-state index is 4.68. The molecule has 0 aliphatic rings. The summed E-state index contributed by atoms with van der Waals surface area (Å²) in [5.41, 5.74) is 12.5. The van der Waals surface area contributed by atoms with Gasteiger partial charge in [-0.15, -0.1) is 10.2 Å². The van der Waals surface area contributed by atoms with Crippen molar-refractivity contribution in [2.45, 2.75) is 98.8 Å². The second-order valence-electron chi connectivity index (χ2n) is 12.5. The van der Waals surface area contributed by atoms with E-state index in [0.29, 0.717) is 0 Å². The van der Waals surface area contributed by atoms with Gasteiger partial charge in [0.2, 0.25) is 0 Å². The molecule has 3 heteroatoms. The van der Waals surface area contributed by atoms with Gasteiger partial charge in [0.25, 0.3) is 0 Å². The number of hydrogen-bond acceptors (Lipinski definition) is 2. The monoisotopic (exact) mass is 583 g/mol. The summed E-state index contributed by atoms with van der Waals surface area (Å²) in [6, 6.07) is 31.6. The number of unbranched alkanes of at least 4 members (excludes halogenated alkanes) is 6. The first-order valence-corrected chi connectivity index (χ1v) is 16.8. The predicted molar refractivity (Wildman–Crippen MR) is 188 cm³/mol. The van der Waals surface area contributed by atoms with Crippen molar-refractivity contribution in [2.75, 3.05) is 0 Å². The minimum atomic E-state index is 0.878. The number of aromatic nitrogens is 3. The highest BCUT2D eigenvalue weighted by molar-refractivity contribution is 5.73. The number of nitrogens with zero attached hydrogens (tertiary/aromatic N) is 3. The van der Waals surface area contributed by atoms with Crippen LogP contribution in [0.25, 0.3) is 39.3 Å². The van der Waals surface area contributed by atoms with E-state index in [-0.39, 0.29) is 0 Å². The molecule has 0 bridgehead atoms. The van der Waals surface area contributed by atoms with Crippen molar-refractivity contribution >= 4 is 0 Å². The molecule has 0 amide bonds. The number of benzene rings is 4. The lowest BCUT2D eigenvalue weighted by Crippen LogP contribution is -2.05. The molecule has 4 aromatic carbocycles. The summed E-state index contributed by atoms with van der Waals surface area (Å²) in [6.07, 6.45) is 12.7. The highest BCUT2D eigenvalue weighted by Gasteiger charge is 2.18. The van der Waals surface area contributed by atoms with E-state index in [0.717, 1.165) is 29.3 Å². The van der Waals surface area contributed by atoms with Crippen molar-refractivity contribution in [3.05, 3.63) is 113 Å². The van der Waals surface area contributed by atoms with E-state index in [9.17, 15) is 0 Å². The summed E-state index contributed by atoms with van der Waals surface area (Å²) in [6.45, 7) is 11.0. The van der Waals surface area contributed by atoms with Gasteiger partial charge in [-0.25, -0.2) is 0 Å². The predicted octanol–water partition coefficient (Wildman–Crippen LogP) is 11.4. The standard InChI is InChI=1S/C41H49N3/c1-6-8-10-12-15-33-19-23-35(24-20-33)37-17-14-18-38(29-37)41-43-42-32(5)44(41)40-30(3)27-39(28-31(40)4)36-25-21-34(22-26-36)16-13-11-9-7-2/h14,17-29H,6-13,15-16H2,1-5H3. The molecule has 0 aliphatic heterocycles. The van der Waals surface area contributed by atoms with Crippen LogP contribution in [0.2, 0.25) is 0 Å². The highest BCUT2D eigenvalue weighted by atomic mass is 15.3. The molecule has 0 fully saturated rings. The molecule has 1 aromatic heterocycles. The van der Waals surface area contributed by atoms with Gasteiger partial charge in [-0.3, -0.25) is 4.57 Å². The molecule has 1 heterocycles. The minimum absolute atomic E-state index is 0.878. The summed E-state index contributed by atoms with van der Waals surface area (Å²) in [4.78, 5) is 0. The number of aryl methyl sites for hydroxylation is 5. The van der Waals surface area contributed by atoms with E-state index >= 15 is 0 Å². The van der Waals surface area contributed by atoms with Crippen LogP contribution in [-0.4, -0.2) is 14.8 Å². The average Bonchev–Trinajstić information content (AvgIpc) is 3.42. The molecular formula is C41H49N3. The Bertz CT molecular complexity index is 1620. The molecule has 0 aliphatic carbocycles. The Balaban J connectivity index is 1.38. The molecule has 228 valence electrons. The van der Waals surface area contributed by atoms with Crippen molar-refractivity contribution < 1.29 is 0 Å². The molecule has 0 saturated carbocycles. The first kappa shape index (κ1) is 31.4. The fourth-order valence-corrected chi connectivity index (χ4v) is 6.37. The normalized spacial score (nSPS) is 11.3. The highest BCUT2D eigenvalue weighted by Crippen LogP contribution is 2.33. The second-order valence-corrected chi connectivity index (χ2v) is 12.5. The van der Waals surface area contributed by atoms with E-state index in [1.807, 2.05) is 6.92 Å². The fourth-order valence-electron chi connectivity index (χ4n) is 6.37. The van der Waals surface area contributed by atoms with Crippen LogP contribution in [0.4, 0.5) is 0 Å². The van der Waals surface area contributed by atoms with Gasteiger partial charge in [0.05, 0.1) is 5.69 Å². The Morgan fingerprint density at radius 1 is 0.500 bits per heavy atom. The summed E-state index contributed by atoms with van der Waals surface area (Å²) >= 11 is 0. The van der Waals surface area contributed by atoms with Gasteiger partial charge in [-0.1, -0.05) is 119 Å². The Morgan fingerprint density at radius 2 is 1.02 bits per heavy atom. The molecule has 3 nitrogen and oxygen atoms in total. The van der Waals surface area contributed by atoms with Crippen LogP contribution in [0.1, 0.15) is 93.3 Å². The Labute approximate surface area is 265 Å². The van der Waals surface area contributed by atoms with Crippen LogP contribution in [0.15, 0.2) is 84.9 Å².